The van der Waals surface area contributed by atoms with Gasteiger partial charge < -0.3 is 14.5 Å². The van der Waals surface area contributed by atoms with Crippen LogP contribution in [0.3, 0.4) is 0 Å². The monoisotopic (exact) mass is 393 g/mol. The number of amides is 1. The first-order chi connectivity index (χ1) is 13.2. The van der Waals surface area contributed by atoms with Crippen LogP contribution in [0.2, 0.25) is 0 Å². The quantitative estimate of drug-likeness (QED) is 0.687. The van der Waals surface area contributed by atoms with Crippen molar-refractivity contribution in [3.05, 3.63) is 71.4 Å². The van der Waals surface area contributed by atoms with Crippen LogP contribution in [0.1, 0.15) is 33.5 Å². The fourth-order valence-electron chi connectivity index (χ4n) is 2.85. The summed E-state index contributed by atoms with van der Waals surface area (Å²) in [6.07, 6.45) is -3.24. The van der Waals surface area contributed by atoms with Crippen molar-refractivity contribution >= 4 is 5.91 Å². The third kappa shape index (κ3) is 4.73. The second-order valence-corrected chi connectivity index (χ2v) is 6.19. The second kappa shape index (κ2) is 7.79. The number of hydrogen-bond donors (Lipinski definition) is 1. The van der Waals surface area contributed by atoms with Crippen LogP contribution in [-0.4, -0.2) is 28.6 Å². The molecule has 1 N–H and O–H groups in total. The lowest BCUT2D eigenvalue weighted by atomic mass is 10.2. The molecule has 1 aromatic carbocycles. The number of carbonyl (C=O) groups is 1. The number of aromatic nitrogens is 2. The van der Waals surface area contributed by atoms with E-state index >= 15 is 0 Å². The van der Waals surface area contributed by atoms with E-state index in [1.54, 1.807) is 16.8 Å². The van der Waals surface area contributed by atoms with Gasteiger partial charge in [0.1, 0.15) is 17.6 Å². The number of nitrogens with one attached hydrogen (secondary N) is 1. The van der Waals surface area contributed by atoms with E-state index in [4.69, 9.17) is 4.42 Å². The standard InChI is InChI=1S/C19H18F3N3O3/c1-12-10-13(2)25(24-12)16(17-4-3-9-27-17)11-23-18(26)14-5-7-15(8-6-14)28-19(20,21)22/h3-10,16H,11H2,1-2H3,(H,23,26)/t16-/m1/s1. The summed E-state index contributed by atoms with van der Waals surface area (Å²) < 4.78 is 47.7. The van der Waals surface area contributed by atoms with Gasteiger partial charge in [0, 0.05) is 17.8 Å². The molecule has 1 atom stereocenters. The van der Waals surface area contributed by atoms with Crippen LogP contribution in [0.5, 0.6) is 5.75 Å². The van der Waals surface area contributed by atoms with Crippen LogP contribution in [-0.2, 0) is 0 Å². The highest BCUT2D eigenvalue weighted by atomic mass is 19.4. The largest absolute Gasteiger partial charge is 0.573 e. The van der Waals surface area contributed by atoms with Crippen molar-refractivity contribution in [2.24, 2.45) is 0 Å². The average molecular weight is 393 g/mol. The van der Waals surface area contributed by atoms with Gasteiger partial charge in [-0.1, -0.05) is 0 Å². The topological polar surface area (TPSA) is 69.3 Å². The third-order valence-corrected chi connectivity index (χ3v) is 4.02. The van der Waals surface area contributed by atoms with Crippen molar-refractivity contribution in [1.82, 2.24) is 15.1 Å². The average Bonchev–Trinajstić information content (AvgIpc) is 3.24. The van der Waals surface area contributed by atoms with Crippen molar-refractivity contribution in [1.29, 1.82) is 0 Å². The van der Waals surface area contributed by atoms with E-state index in [2.05, 4.69) is 15.2 Å². The minimum absolute atomic E-state index is 0.190. The number of alkyl halides is 3. The Labute approximate surface area is 158 Å². The van der Waals surface area contributed by atoms with Crippen molar-refractivity contribution < 1.29 is 27.1 Å². The first-order valence-corrected chi connectivity index (χ1v) is 8.43. The number of carbonyl (C=O) groups excluding carboxylic acids is 1. The molecule has 0 bridgehead atoms. The summed E-state index contributed by atoms with van der Waals surface area (Å²) in [6, 6.07) is 9.80. The lowest BCUT2D eigenvalue weighted by Gasteiger charge is -2.18. The highest BCUT2D eigenvalue weighted by molar-refractivity contribution is 5.94. The van der Waals surface area contributed by atoms with Crippen LogP contribution < -0.4 is 10.1 Å². The maximum absolute atomic E-state index is 12.4. The van der Waals surface area contributed by atoms with E-state index in [-0.39, 0.29) is 23.9 Å². The van der Waals surface area contributed by atoms with Crippen molar-refractivity contribution in [2.75, 3.05) is 6.54 Å². The van der Waals surface area contributed by atoms with Crippen LogP contribution in [0.25, 0.3) is 0 Å². The number of hydrogen-bond acceptors (Lipinski definition) is 4. The van der Waals surface area contributed by atoms with E-state index in [1.807, 2.05) is 19.9 Å². The predicted molar refractivity (Wildman–Crippen MR) is 94.0 cm³/mol. The van der Waals surface area contributed by atoms with Gasteiger partial charge >= 0.3 is 6.36 Å². The maximum Gasteiger partial charge on any atom is 0.573 e. The molecule has 0 saturated carbocycles. The molecule has 2 heterocycles. The molecular weight excluding hydrogens is 375 g/mol. The van der Waals surface area contributed by atoms with Gasteiger partial charge in [0.2, 0.25) is 0 Å². The molecule has 28 heavy (non-hydrogen) atoms. The molecule has 0 fully saturated rings. The maximum atomic E-state index is 12.4. The van der Waals surface area contributed by atoms with Crippen LogP contribution in [0.4, 0.5) is 13.2 Å². The van der Waals surface area contributed by atoms with Gasteiger partial charge in [-0.25, -0.2) is 0 Å². The predicted octanol–water partition coefficient (Wildman–Crippen LogP) is 4.01. The summed E-state index contributed by atoms with van der Waals surface area (Å²) in [4.78, 5) is 12.4. The summed E-state index contributed by atoms with van der Waals surface area (Å²) in [5.41, 5.74) is 1.95. The molecule has 0 spiro atoms. The Kier molecular flexibility index (Phi) is 5.43. The van der Waals surface area contributed by atoms with Gasteiger partial charge in [-0.2, -0.15) is 5.10 Å². The summed E-state index contributed by atoms with van der Waals surface area (Å²) in [5, 5.41) is 7.21. The molecular formula is C19H18F3N3O3. The Morgan fingerprint density at radius 1 is 1.25 bits per heavy atom. The number of nitrogens with zero attached hydrogens (tertiary/aromatic N) is 2. The highest BCUT2D eigenvalue weighted by Gasteiger charge is 2.31. The Morgan fingerprint density at radius 3 is 2.50 bits per heavy atom. The molecule has 0 aliphatic heterocycles. The van der Waals surface area contributed by atoms with Gasteiger partial charge in [-0.05, 0) is 56.3 Å². The minimum atomic E-state index is -4.78. The molecule has 6 nitrogen and oxygen atoms in total. The molecule has 148 valence electrons. The Bertz CT molecular complexity index is 932. The number of aryl methyl sites for hydroxylation is 2. The van der Waals surface area contributed by atoms with Crippen molar-refractivity contribution in [3.8, 4) is 5.75 Å². The Morgan fingerprint density at radius 2 is 1.96 bits per heavy atom. The van der Waals surface area contributed by atoms with Crippen molar-refractivity contribution in [2.45, 2.75) is 26.3 Å². The molecule has 2 aromatic heterocycles. The van der Waals surface area contributed by atoms with Crippen molar-refractivity contribution in [3.63, 3.8) is 0 Å². The molecule has 9 heteroatoms. The van der Waals surface area contributed by atoms with E-state index in [0.29, 0.717) is 5.76 Å². The van der Waals surface area contributed by atoms with E-state index in [9.17, 15) is 18.0 Å². The lowest BCUT2D eigenvalue weighted by molar-refractivity contribution is -0.274. The third-order valence-electron chi connectivity index (χ3n) is 4.02. The minimum Gasteiger partial charge on any atom is -0.467 e. The molecule has 0 saturated heterocycles. The number of benzene rings is 1. The molecule has 1 amide bonds. The van der Waals surface area contributed by atoms with Gasteiger partial charge in [-0.15, -0.1) is 13.2 Å². The number of ether oxygens (including phenoxy) is 1. The molecule has 0 unspecified atom stereocenters. The first-order valence-electron chi connectivity index (χ1n) is 8.43. The lowest BCUT2D eigenvalue weighted by Crippen LogP contribution is -2.32. The van der Waals surface area contributed by atoms with Gasteiger partial charge in [0.05, 0.1) is 12.0 Å². The Balaban J connectivity index is 1.71. The summed E-state index contributed by atoms with van der Waals surface area (Å²) in [7, 11) is 0. The molecule has 0 aliphatic rings. The van der Waals surface area contributed by atoms with Crippen LogP contribution >= 0.6 is 0 Å². The van der Waals surface area contributed by atoms with Gasteiger partial charge in [-0.3, -0.25) is 9.48 Å². The highest BCUT2D eigenvalue weighted by Crippen LogP contribution is 2.23. The van der Waals surface area contributed by atoms with Crippen LogP contribution in [0.15, 0.2) is 53.1 Å². The second-order valence-electron chi connectivity index (χ2n) is 6.19. The SMILES string of the molecule is Cc1cc(C)n([C@H](CNC(=O)c2ccc(OC(F)(F)F)cc2)c2ccco2)n1. The summed E-state index contributed by atoms with van der Waals surface area (Å²) in [5.74, 6) is -0.197. The number of halogens is 3. The molecule has 0 radical (unpaired) electrons. The fourth-order valence-corrected chi connectivity index (χ4v) is 2.85. The zero-order chi connectivity index (χ0) is 20.3. The summed E-state index contributed by atoms with van der Waals surface area (Å²) in [6.45, 7) is 3.96. The first kappa shape index (κ1) is 19.5. The van der Waals surface area contributed by atoms with Gasteiger partial charge in [0.25, 0.3) is 5.91 Å². The normalized spacial score (nSPS) is 12.6. The summed E-state index contributed by atoms with van der Waals surface area (Å²) >= 11 is 0. The molecule has 0 aliphatic carbocycles. The Hall–Kier alpha value is -3.23. The van der Waals surface area contributed by atoms with E-state index in [0.717, 1.165) is 23.5 Å². The van der Waals surface area contributed by atoms with E-state index in [1.165, 1.54) is 18.4 Å². The van der Waals surface area contributed by atoms with Gasteiger partial charge in [0.15, 0.2) is 0 Å². The zero-order valence-electron chi connectivity index (χ0n) is 15.2. The fraction of sp³-hybridized carbons (Fsp3) is 0.263. The molecule has 3 aromatic rings. The number of furan rings is 1. The van der Waals surface area contributed by atoms with E-state index < -0.39 is 12.3 Å². The molecule has 3 rings (SSSR count). The zero-order valence-corrected chi connectivity index (χ0v) is 15.2. The van der Waals surface area contributed by atoms with Crippen LogP contribution in [0, 0.1) is 13.8 Å². The number of rotatable bonds is 6. The smallest absolute Gasteiger partial charge is 0.467 e.